The van der Waals surface area contributed by atoms with Crippen LogP contribution in [0.25, 0.3) is 0 Å². The number of hydrazone groups is 1. The number of hydrogen-bond donors (Lipinski definition) is 2. The molecule has 0 aromatic rings. The van der Waals surface area contributed by atoms with Crippen LogP contribution in [-0.2, 0) is 0 Å². The van der Waals surface area contributed by atoms with Crippen molar-refractivity contribution in [1.82, 2.24) is 0 Å². The molecule has 0 saturated heterocycles. The van der Waals surface area contributed by atoms with Gasteiger partial charge in [0.15, 0.2) is 0 Å². The lowest BCUT2D eigenvalue weighted by atomic mass is 11.3. The van der Waals surface area contributed by atoms with Crippen molar-refractivity contribution < 1.29 is 0 Å². The fraction of sp³-hybridized carbons (Fsp3) is 0. The number of nitrogens with one attached hydrogen (secondary N) is 1. The minimum atomic E-state index is -0.241. The van der Waals surface area contributed by atoms with E-state index in [1.807, 2.05) is 0 Å². The Morgan fingerprint density at radius 1 is 1.83 bits per heavy atom. The predicted molar refractivity (Wildman–Crippen MR) is 22.6 cm³/mol. The van der Waals surface area contributed by atoms with E-state index < -0.39 is 0 Å². The molecule has 0 radical (unpaired) electrons. The number of nitrogens with zero attached hydrogens (tertiary/aromatic N) is 2. The topological polar surface area (TPSA) is 74.6 Å². The van der Waals surface area contributed by atoms with Gasteiger partial charge in [0.1, 0.15) is 0 Å². The van der Waals surface area contributed by atoms with Crippen LogP contribution in [0.15, 0.2) is 10.2 Å². The van der Waals surface area contributed by atoms with E-state index in [4.69, 9.17) is 17.1 Å². The van der Waals surface area contributed by atoms with E-state index in [1.54, 1.807) is 0 Å². The van der Waals surface area contributed by atoms with E-state index in [2.05, 4.69) is 16.1 Å². The fourth-order valence-corrected chi connectivity index (χ4v) is 0.0289. The highest BCUT2D eigenvalue weighted by Gasteiger charge is 1.77. The van der Waals surface area contributed by atoms with Crippen LogP contribution in [0.5, 0.6) is 0 Å². The van der Waals surface area contributed by atoms with Gasteiger partial charge < -0.3 is 5.84 Å². The zero-order valence-electron chi connectivity index (χ0n) is 2.85. The first-order valence-electron chi connectivity index (χ1n) is 1.12. The zero-order chi connectivity index (χ0) is 4.99. The molecule has 0 aliphatic heterocycles. The molecule has 6 heavy (non-hydrogen) atoms. The second kappa shape index (κ2) is 2.59. The normalized spacial score (nSPS) is 11.2. The molecule has 0 fully saturated rings. The molecule has 3 N–H and O–H groups in total. The van der Waals surface area contributed by atoms with Crippen molar-refractivity contribution in [3.05, 3.63) is 0 Å². The molecule has 0 aliphatic carbocycles. The zero-order valence-corrected chi connectivity index (χ0v) is 3.61. The Morgan fingerprint density at radius 3 is 2.33 bits per heavy atom. The molecule has 0 bridgehead atoms. The van der Waals surface area contributed by atoms with Gasteiger partial charge in [-0.05, 0) is 11.6 Å². The van der Waals surface area contributed by atoms with Gasteiger partial charge in [0.05, 0.1) is 0 Å². The summed E-state index contributed by atoms with van der Waals surface area (Å²) in [6.45, 7) is 0. The van der Waals surface area contributed by atoms with Crippen molar-refractivity contribution in [2.45, 2.75) is 0 Å². The Bertz CT molecular complexity index is 75.6. The van der Waals surface area contributed by atoms with E-state index in [9.17, 15) is 0 Å². The van der Waals surface area contributed by atoms with E-state index in [0.717, 1.165) is 0 Å². The molecule has 0 heterocycles. The molecule has 0 aliphatic rings. The lowest BCUT2D eigenvalue weighted by Crippen LogP contribution is -1.85. The summed E-state index contributed by atoms with van der Waals surface area (Å²) in [7, 11) is 0. The smallest absolute Gasteiger partial charge is 0.259 e. The minimum absolute atomic E-state index is 0.241. The van der Waals surface area contributed by atoms with Gasteiger partial charge in [-0.15, -0.1) is 10.2 Å². The van der Waals surface area contributed by atoms with Gasteiger partial charge in [-0.2, -0.15) is 0 Å². The monoisotopic (exact) mass is 106 g/mol. The maximum Gasteiger partial charge on any atom is 0.259 e. The molecule has 0 spiro atoms. The lowest BCUT2D eigenvalue weighted by Gasteiger charge is -1.72. The highest BCUT2D eigenvalue weighted by atomic mass is 35.5. The van der Waals surface area contributed by atoms with Crippen molar-refractivity contribution in [1.29, 1.82) is 5.53 Å². The molecule has 34 valence electrons. The van der Waals surface area contributed by atoms with Gasteiger partial charge in [0, 0.05) is 0 Å². The third-order valence-electron chi connectivity index (χ3n) is 0.199. The molecule has 0 atom stereocenters. The van der Waals surface area contributed by atoms with Crippen LogP contribution in [0.4, 0.5) is 0 Å². The Balaban J connectivity index is 3.50. The summed E-state index contributed by atoms with van der Waals surface area (Å²) < 4.78 is 0. The average molecular weight is 107 g/mol. The van der Waals surface area contributed by atoms with Crippen LogP contribution in [-0.4, -0.2) is 5.29 Å². The third kappa shape index (κ3) is 1.66. The van der Waals surface area contributed by atoms with Crippen molar-refractivity contribution in [2.24, 2.45) is 16.1 Å². The van der Waals surface area contributed by atoms with Crippen LogP contribution >= 0.6 is 11.6 Å². The molecule has 0 amide bonds. The molecular weight excluding hydrogens is 103 g/mol. The van der Waals surface area contributed by atoms with Gasteiger partial charge in [0.25, 0.3) is 5.29 Å². The SMILES string of the molecule is N=NC(Cl)=NN. The van der Waals surface area contributed by atoms with Gasteiger partial charge in [0.2, 0.25) is 0 Å². The fourth-order valence-electron chi connectivity index (χ4n) is 0.0289. The third-order valence-corrected chi connectivity index (χ3v) is 0.381. The van der Waals surface area contributed by atoms with Crippen molar-refractivity contribution in [3.8, 4) is 0 Å². The van der Waals surface area contributed by atoms with Crippen LogP contribution in [0.3, 0.4) is 0 Å². The summed E-state index contributed by atoms with van der Waals surface area (Å²) in [5, 5.41) is 5.24. The Labute approximate surface area is 39.5 Å². The lowest BCUT2D eigenvalue weighted by molar-refractivity contribution is 1.16. The molecule has 0 aromatic carbocycles. The number of rotatable bonds is 0. The summed E-state index contributed by atoms with van der Waals surface area (Å²) in [6, 6.07) is 0. The molecule has 0 aromatic heterocycles. The second-order valence-corrected chi connectivity index (χ2v) is 0.848. The summed E-state index contributed by atoms with van der Waals surface area (Å²) in [5.41, 5.74) is 6.09. The van der Waals surface area contributed by atoms with E-state index >= 15 is 0 Å². The van der Waals surface area contributed by atoms with Gasteiger partial charge in [-0.1, -0.05) is 0 Å². The number of halogens is 1. The first-order valence-corrected chi connectivity index (χ1v) is 1.50. The summed E-state index contributed by atoms with van der Waals surface area (Å²) in [4.78, 5) is 0. The van der Waals surface area contributed by atoms with Crippen LogP contribution < -0.4 is 5.84 Å². The first kappa shape index (κ1) is 5.36. The molecular formula is CH3ClN4. The van der Waals surface area contributed by atoms with Crippen LogP contribution in [0.1, 0.15) is 0 Å². The largest absolute Gasteiger partial charge is 0.320 e. The van der Waals surface area contributed by atoms with Crippen molar-refractivity contribution in [2.75, 3.05) is 0 Å². The highest BCUT2D eigenvalue weighted by Crippen LogP contribution is 1.79. The summed E-state index contributed by atoms with van der Waals surface area (Å²) in [5.74, 6) is 4.52. The van der Waals surface area contributed by atoms with E-state index in [0.29, 0.717) is 0 Å². The summed E-state index contributed by atoms with van der Waals surface area (Å²) >= 11 is 4.92. The van der Waals surface area contributed by atoms with Gasteiger partial charge >= 0.3 is 0 Å². The molecule has 0 rings (SSSR count). The number of nitrogens with two attached hydrogens (primary N) is 1. The average Bonchev–Trinajstić information content (AvgIpc) is 1.65. The van der Waals surface area contributed by atoms with Gasteiger partial charge in [-0.25, -0.2) is 5.53 Å². The Hall–Kier alpha value is -0.640. The summed E-state index contributed by atoms with van der Waals surface area (Å²) in [6.07, 6.45) is 0. The van der Waals surface area contributed by atoms with Crippen LogP contribution in [0.2, 0.25) is 0 Å². The highest BCUT2D eigenvalue weighted by molar-refractivity contribution is 6.64. The Kier molecular flexibility index (Phi) is 2.31. The van der Waals surface area contributed by atoms with Gasteiger partial charge in [-0.3, -0.25) is 0 Å². The van der Waals surface area contributed by atoms with E-state index in [-0.39, 0.29) is 5.29 Å². The number of hydrogen-bond acceptors (Lipinski definition) is 3. The number of amidine groups is 1. The minimum Gasteiger partial charge on any atom is -0.320 e. The maximum absolute atomic E-state index is 6.09. The molecule has 0 unspecified atom stereocenters. The standard InChI is InChI=1S/CH3ClN4/c2-1(5-3)6-4/h3H,4H2. The maximum atomic E-state index is 6.09. The predicted octanol–water partition coefficient (Wildman–Crippen LogP) is 0.486. The van der Waals surface area contributed by atoms with Crippen molar-refractivity contribution >= 4 is 16.9 Å². The van der Waals surface area contributed by atoms with Crippen molar-refractivity contribution in [3.63, 3.8) is 0 Å². The molecule has 4 nitrogen and oxygen atoms in total. The van der Waals surface area contributed by atoms with E-state index in [1.165, 1.54) is 0 Å². The first-order chi connectivity index (χ1) is 2.81. The second-order valence-electron chi connectivity index (χ2n) is 0.510. The quantitative estimate of drug-likeness (QED) is 0.116. The molecule has 0 saturated carbocycles. The van der Waals surface area contributed by atoms with Crippen LogP contribution in [0, 0.1) is 5.53 Å². The Morgan fingerprint density at radius 2 is 2.33 bits per heavy atom. The molecule has 5 heteroatoms.